The van der Waals surface area contributed by atoms with Gasteiger partial charge in [-0.05, 0) is 176 Å². The minimum atomic E-state index is -1.03. The number of amides is 8. The summed E-state index contributed by atoms with van der Waals surface area (Å²) in [7, 11) is 7.68. The van der Waals surface area contributed by atoms with Crippen molar-refractivity contribution in [1.82, 2.24) is 20.9 Å². The fourth-order valence-electron chi connectivity index (χ4n) is 18.8. The van der Waals surface area contributed by atoms with Gasteiger partial charge in [0.05, 0.1) is 54.2 Å². The molecule has 790 valence electrons. The van der Waals surface area contributed by atoms with Crippen LogP contribution in [-0.4, -0.2) is 240 Å². The molecule has 0 aromatic carbocycles. The van der Waals surface area contributed by atoms with E-state index < -0.39 is 121 Å². The molecule has 21 atom stereocenters. The molecule has 0 aromatic rings. The first-order valence-corrected chi connectivity index (χ1v) is 50.4. The molecule has 0 aliphatic carbocycles. The predicted octanol–water partition coefficient (Wildman–Crippen LogP) is 12.3. The molecule has 0 unspecified atom stereocenters. The number of imide groups is 4. The number of carbonyl (C=O) groups excluding carboxylic acids is 16. The molecule has 0 radical (unpaired) electrons. The second kappa shape index (κ2) is 63.9. The van der Waals surface area contributed by atoms with Gasteiger partial charge in [-0.25, -0.2) is 14.4 Å². The Bertz CT molecular complexity index is 4520. The number of piperidine rings is 4. The van der Waals surface area contributed by atoms with Gasteiger partial charge in [-0.1, -0.05) is 147 Å². The third-order valence-corrected chi connectivity index (χ3v) is 27.4. The van der Waals surface area contributed by atoms with E-state index in [0.29, 0.717) is 139 Å². The number of nitrogens with one attached hydrogen (secondary N) is 3. The first kappa shape index (κ1) is 122. The van der Waals surface area contributed by atoms with E-state index in [1.807, 2.05) is 95.4 Å². The Labute approximate surface area is 837 Å². The maximum Gasteiger partial charge on any atom is 0.331 e. The predicted molar refractivity (Wildman–Crippen MR) is 530 cm³/mol. The van der Waals surface area contributed by atoms with Gasteiger partial charge >= 0.3 is 23.9 Å². The number of rotatable bonds is 28. The normalized spacial score (nSPS) is 31.3. The molecule has 0 spiro atoms. The van der Waals surface area contributed by atoms with Gasteiger partial charge < -0.3 is 63.4 Å². The lowest BCUT2D eigenvalue weighted by atomic mass is 9.85. The van der Waals surface area contributed by atoms with Gasteiger partial charge in [-0.3, -0.25) is 83.2 Å². The highest BCUT2D eigenvalue weighted by Gasteiger charge is 2.39. The summed E-state index contributed by atoms with van der Waals surface area (Å²) >= 11 is 0. The van der Waals surface area contributed by atoms with Crippen molar-refractivity contribution in [3.8, 4) is 0 Å². The minimum absolute atomic E-state index is 0.0332. The SMILES string of the molecule is CO[C@H]1/C=C/CC/C=C/C(=O)O[C@@H]([C@@H](C)C(=O)CCCC2CC(=O)N(C)C(=O)C2)/C(C)=C\[C@H](C)[C@H]1O.CO[C@H]1/C=C/CC/C=C/C(=O)O[C@@H]([C@@H](C)C(=O)CCCC2CC(=O)NC(=O)C2)/C(C)=C\[C@H](C)[C@H]1O.CO[C@H]1/C=C/CC/C=C/C(=O)O[C@@H]([C@@H](C)C(=O)C[C@@H](O)CC2CC(=O)NC(=O)C2)/C(C)=C\[C@H](C)[C@H]1O.CO[C@H]1/C=C/CCCCC(=O)O[C@@H]([C@@H](C)C(=O)CCCC2CC(=O)NC(=O)C2)/C(C)=C\[C@H](C)[C@H]1O. The molecular weight excluding hydrogens is 1830 g/mol. The van der Waals surface area contributed by atoms with Crippen molar-refractivity contribution in [2.45, 2.75) is 349 Å². The number of ether oxygens (including phenoxy) is 8. The number of aliphatic hydroxyl groups is 5. The van der Waals surface area contributed by atoms with Gasteiger partial charge in [-0.15, -0.1) is 0 Å². The quantitative estimate of drug-likeness (QED) is 0.0156. The second-order valence-electron chi connectivity index (χ2n) is 39.4. The van der Waals surface area contributed by atoms with Crippen molar-refractivity contribution in [2.75, 3.05) is 35.5 Å². The number of hydrogen-bond donors (Lipinski definition) is 8. The van der Waals surface area contributed by atoms with Crippen LogP contribution in [-0.2, 0) is 115 Å². The highest BCUT2D eigenvalue weighted by molar-refractivity contribution is 6.00. The van der Waals surface area contributed by atoms with Gasteiger partial charge in [0.1, 0.15) is 72.0 Å². The number of aliphatic hydroxyl groups excluding tert-OH is 5. The van der Waals surface area contributed by atoms with E-state index in [-0.39, 0.29) is 175 Å². The van der Waals surface area contributed by atoms with Crippen LogP contribution in [0.15, 0.2) is 132 Å². The summed E-state index contributed by atoms with van der Waals surface area (Å²) < 4.78 is 44.6. The number of likely N-dealkylation sites (tertiary alicyclic amines) is 1. The molecule has 8 heterocycles. The summed E-state index contributed by atoms with van der Waals surface area (Å²) in [6.45, 7) is 21.4. The molecule has 33 heteroatoms. The summed E-state index contributed by atoms with van der Waals surface area (Å²) in [5, 5.41) is 60.4. The molecule has 8 rings (SSSR count). The van der Waals surface area contributed by atoms with Crippen LogP contribution in [0, 0.1) is 71.0 Å². The zero-order valence-electron chi connectivity index (χ0n) is 86.3. The number of cyclic esters (lactones) is 4. The fourth-order valence-corrected chi connectivity index (χ4v) is 18.8. The zero-order valence-corrected chi connectivity index (χ0v) is 86.3. The maximum atomic E-state index is 13.1. The Morgan fingerprint density at radius 1 is 0.373 bits per heavy atom. The lowest BCUT2D eigenvalue weighted by molar-refractivity contribution is -0.152. The van der Waals surface area contributed by atoms with Crippen molar-refractivity contribution in [3.63, 3.8) is 0 Å². The summed E-state index contributed by atoms with van der Waals surface area (Å²) in [6.07, 6.45) is 35.0. The zero-order chi connectivity index (χ0) is 106. The topological polar surface area (TPSA) is 487 Å². The van der Waals surface area contributed by atoms with Gasteiger partial charge in [0.15, 0.2) is 0 Å². The summed E-state index contributed by atoms with van der Waals surface area (Å²) in [5.41, 5.74) is 2.69. The van der Waals surface area contributed by atoms with Crippen LogP contribution in [0.1, 0.15) is 269 Å². The number of ketones is 4. The number of methoxy groups -OCH3 is 4. The van der Waals surface area contributed by atoms with Gasteiger partial charge in [0, 0.05) is 161 Å². The largest absolute Gasteiger partial charge is 0.457 e. The Kier molecular flexibility index (Phi) is 55.1. The molecular formula is C109H160N4O29. The molecule has 142 heavy (non-hydrogen) atoms. The molecule has 0 bridgehead atoms. The fraction of sp³-hybridized carbons (Fsp3) is 0.651. The third-order valence-electron chi connectivity index (χ3n) is 27.4. The van der Waals surface area contributed by atoms with Crippen molar-refractivity contribution < 1.29 is 140 Å². The molecule has 8 amide bonds. The molecule has 8 aliphatic heterocycles. The van der Waals surface area contributed by atoms with Crippen LogP contribution < -0.4 is 16.0 Å². The monoisotopic (exact) mass is 1990 g/mol. The van der Waals surface area contributed by atoms with E-state index in [2.05, 4.69) is 16.0 Å². The lowest BCUT2D eigenvalue weighted by Crippen LogP contribution is -2.40. The van der Waals surface area contributed by atoms with Crippen LogP contribution in [0.5, 0.6) is 0 Å². The standard InChI is InChI=1S/C28H41NO7.C27H39NO8.C27H41NO7.C27H39NO7/c1-18-15-19(2)28(36-26(33)14-9-7-6-8-13-23(35-5)27(18)34)20(3)22(30)12-10-11-21-16-24(31)29(4)25(32)17-21;1-16-11-17(2)27(36-25(33)10-8-6-5-7-9-22(35-4)26(16)34)18(3)21(30)15-20(29)12-19-13-23(31)28-24(32)14-19;2*1-17-14-18(2)27(35-25(32)13-8-6-5-7-12-22(34-4)26(17)33)19(3)21(29)11-9-10-20-15-23(30)28-24(31)16-20/h8-9,13-15,18,20-21,23,27-28,34H,6-7,10-12,16-17H2,1-5H3;7-11,16,18-20,22,26-27,29,34H,5-6,12-15H2,1-4H3,(H,28,31,32);7,12,14,17,19-20,22,26-27,33H,5-6,8-11,13,15-16H2,1-4H3,(H,28,30,31);7-8,12-14,17,19-20,22,26-27,33H,5-6,9-11,15-16H2,1-4H3,(H,28,30,31)/b13-8+,14-9+,19-15-;9-7+,10-8+,17-11-;12-7+,18-14-;12-7+,13-8+,18-14-/t18-,20-,23-,27+,28+;16-,18-,20-,22-,26+,27+;2*17-,19-,22-,26+,27+/m0000/s1. The first-order chi connectivity index (χ1) is 67.3. The van der Waals surface area contributed by atoms with Crippen LogP contribution in [0.3, 0.4) is 0 Å². The molecule has 33 nitrogen and oxygen atoms in total. The van der Waals surface area contributed by atoms with Crippen LogP contribution in [0.25, 0.3) is 0 Å². The molecule has 0 saturated carbocycles. The smallest absolute Gasteiger partial charge is 0.331 e. The Hall–Kier alpha value is -10.1. The van der Waals surface area contributed by atoms with Crippen molar-refractivity contribution in [2.24, 2.45) is 71.0 Å². The van der Waals surface area contributed by atoms with Crippen molar-refractivity contribution >= 4 is 94.3 Å². The molecule has 4 saturated heterocycles. The molecule has 8 aliphatic rings. The van der Waals surface area contributed by atoms with Crippen LogP contribution in [0.2, 0.25) is 0 Å². The van der Waals surface area contributed by atoms with Gasteiger partial charge in [0.2, 0.25) is 47.3 Å². The van der Waals surface area contributed by atoms with E-state index in [1.54, 1.807) is 100 Å². The number of hydrogen-bond acceptors (Lipinski definition) is 29. The highest BCUT2D eigenvalue weighted by atomic mass is 16.6. The van der Waals surface area contributed by atoms with Crippen molar-refractivity contribution in [1.29, 1.82) is 0 Å². The molecule has 4 fully saturated rings. The average Bonchev–Trinajstić information content (AvgIpc) is 0.837. The van der Waals surface area contributed by atoms with Crippen LogP contribution in [0.4, 0.5) is 0 Å². The number of carbonyl (C=O) groups is 16. The lowest BCUT2D eigenvalue weighted by Gasteiger charge is -2.28. The Balaban J connectivity index is 0.000000334. The van der Waals surface area contributed by atoms with E-state index in [9.17, 15) is 102 Å². The van der Waals surface area contributed by atoms with E-state index in [1.165, 1.54) is 32.4 Å². The average molecular weight is 1990 g/mol. The summed E-state index contributed by atoms with van der Waals surface area (Å²) in [4.78, 5) is 197. The second-order valence-corrected chi connectivity index (χ2v) is 39.4. The maximum absolute atomic E-state index is 13.1. The minimum Gasteiger partial charge on any atom is -0.457 e. The number of esters is 4. The van der Waals surface area contributed by atoms with E-state index in [0.717, 1.165) is 23.3 Å². The third kappa shape index (κ3) is 43.1. The summed E-state index contributed by atoms with van der Waals surface area (Å²) in [5.74, 6) is -8.81. The van der Waals surface area contributed by atoms with Gasteiger partial charge in [-0.2, -0.15) is 0 Å². The van der Waals surface area contributed by atoms with E-state index >= 15 is 0 Å². The Morgan fingerprint density at radius 2 is 0.634 bits per heavy atom. The summed E-state index contributed by atoms with van der Waals surface area (Å²) in [6, 6.07) is 0. The van der Waals surface area contributed by atoms with Gasteiger partial charge in [0.25, 0.3) is 0 Å². The number of nitrogens with zero attached hydrogens (tertiary/aromatic N) is 1. The van der Waals surface area contributed by atoms with Crippen molar-refractivity contribution in [3.05, 3.63) is 132 Å². The molecule has 0 aromatic heterocycles. The Morgan fingerprint density at radius 3 is 0.930 bits per heavy atom. The van der Waals surface area contributed by atoms with E-state index in [4.69, 9.17) is 37.9 Å². The first-order valence-electron chi connectivity index (χ1n) is 50.4. The highest BCUT2D eigenvalue weighted by Crippen LogP contribution is 2.34. The van der Waals surface area contributed by atoms with Crippen LogP contribution >= 0.6 is 0 Å². The number of Topliss-reactive ketones (excluding diaryl/α,β-unsaturated/α-hetero) is 4. The molecule has 8 N–H and O–H groups in total. The number of allylic oxidation sites excluding steroid dienone is 7.